The Morgan fingerprint density at radius 1 is 1.33 bits per heavy atom. The zero-order valence-corrected chi connectivity index (χ0v) is 9.51. The summed E-state index contributed by atoms with van der Waals surface area (Å²) in [6, 6.07) is 6.09. The summed E-state index contributed by atoms with van der Waals surface area (Å²) in [5, 5.41) is 13.3. The quantitative estimate of drug-likeness (QED) is 0.905. The highest BCUT2D eigenvalue weighted by molar-refractivity contribution is 5.94. The molecule has 18 heavy (non-hydrogen) atoms. The molecule has 0 aliphatic heterocycles. The molecule has 1 aromatic carbocycles. The van der Waals surface area contributed by atoms with Gasteiger partial charge in [0.25, 0.3) is 0 Å². The van der Waals surface area contributed by atoms with E-state index in [1.165, 1.54) is 18.3 Å². The SMILES string of the molecule is O=C(O)c1cnn(C2CC2)c1-c1ccc(F)cc1. The summed E-state index contributed by atoms with van der Waals surface area (Å²) in [4.78, 5) is 11.2. The van der Waals surface area contributed by atoms with Gasteiger partial charge in [0.2, 0.25) is 0 Å². The van der Waals surface area contributed by atoms with Crippen molar-refractivity contribution in [2.24, 2.45) is 0 Å². The number of aromatic nitrogens is 2. The second kappa shape index (κ2) is 3.94. The van der Waals surface area contributed by atoms with Crippen molar-refractivity contribution in [1.29, 1.82) is 0 Å². The van der Waals surface area contributed by atoms with E-state index in [1.54, 1.807) is 16.8 Å². The highest BCUT2D eigenvalue weighted by Gasteiger charge is 2.29. The fourth-order valence-electron chi connectivity index (χ4n) is 2.01. The van der Waals surface area contributed by atoms with Crippen molar-refractivity contribution in [2.75, 3.05) is 0 Å². The molecule has 1 fully saturated rings. The first kappa shape index (κ1) is 11.0. The van der Waals surface area contributed by atoms with Crippen LogP contribution >= 0.6 is 0 Å². The number of halogens is 1. The molecule has 4 nitrogen and oxygen atoms in total. The first-order valence-corrected chi connectivity index (χ1v) is 5.73. The van der Waals surface area contributed by atoms with Gasteiger partial charge in [0.05, 0.1) is 17.9 Å². The number of aromatic carboxylic acids is 1. The number of rotatable bonds is 3. The highest BCUT2D eigenvalue weighted by atomic mass is 19.1. The Balaban J connectivity index is 2.15. The summed E-state index contributed by atoms with van der Waals surface area (Å²) in [7, 11) is 0. The van der Waals surface area contributed by atoms with Crippen LogP contribution in [0.25, 0.3) is 11.3 Å². The predicted molar refractivity (Wildman–Crippen MR) is 62.9 cm³/mol. The van der Waals surface area contributed by atoms with Gasteiger partial charge in [-0.15, -0.1) is 0 Å². The minimum Gasteiger partial charge on any atom is -0.478 e. The van der Waals surface area contributed by atoms with Gasteiger partial charge in [0, 0.05) is 5.56 Å². The molecule has 1 N–H and O–H groups in total. The van der Waals surface area contributed by atoms with Gasteiger partial charge in [0.1, 0.15) is 11.4 Å². The smallest absolute Gasteiger partial charge is 0.339 e. The minimum atomic E-state index is -1.01. The van der Waals surface area contributed by atoms with Crippen molar-refractivity contribution < 1.29 is 14.3 Å². The molecule has 0 atom stereocenters. The van der Waals surface area contributed by atoms with Crippen LogP contribution in [-0.4, -0.2) is 20.9 Å². The number of benzene rings is 1. The Morgan fingerprint density at radius 2 is 2.00 bits per heavy atom. The topological polar surface area (TPSA) is 55.1 Å². The summed E-state index contributed by atoms with van der Waals surface area (Å²) < 4.78 is 14.7. The summed E-state index contributed by atoms with van der Waals surface area (Å²) in [6.45, 7) is 0. The Hall–Kier alpha value is -2.17. The molecular weight excluding hydrogens is 235 g/mol. The van der Waals surface area contributed by atoms with E-state index >= 15 is 0 Å². The molecule has 1 aliphatic rings. The van der Waals surface area contributed by atoms with Gasteiger partial charge in [-0.2, -0.15) is 5.10 Å². The third-order valence-corrected chi connectivity index (χ3v) is 3.04. The molecule has 0 saturated heterocycles. The van der Waals surface area contributed by atoms with E-state index in [2.05, 4.69) is 5.10 Å². The molecule has 92 valence electrons. The standard InChI is InChI=1S/C13H11FN2O2/c14-9-3-1-8(2-4-9)12-11(13(17)18)7-15-16(12)10-5-6-10/h1-4,7,10H,5-6H2,(H,17,18). The van der Waals surface area contributed by atoms with Crippen molar-refractivity contribution >= 4 is 5.97 Å². The lowest BCUT2D eigenvalue weighted by Gasteiger charge is -2.07. The lowest BCUT2D eigenvalue weighted by Crippen LogP contribution is -2.03. The van der Waals surface area contributed by atoms with E-state index < -0.39 is 5.97 Å². The highest BCUT2D eigenvalue weighted by Crippen LogP contribution is 2.39. The van der Waals surface area contributed by atoms with Gasteiger partial charge in [-0.1, -0.05) is 0 Å². The van der Waals surface area contributed by atoms with E-state index in [4.69, 9.17) is 5.11 Å². The molecule has 1 aromatic heterocycles. The Kier molecular flexibility index (Phi) is 2.40. The van der Waals surface area contributed by atoms with Crippen LogP contribution in [0, 0.1) is 5.82 Å². The molecule has 0 spiro atoms. The summed E-state index contributed by atoms with van der Waals surface area (Å²) in [5.74, 6) is -1.35. The van der Waals surface area contributed by atoms with Crippen LogP contribution in [-0.2, 0) is 0 Å². The lowest BCUT2D eigenvalue weighted by molar-refractivity contribution is 0.0697. The van der Waals surface area contributed by atoms with Crippen molar-refractivity contribution in [2.45, 2.75) is 18.9 Å². The van der Waals surface area contributed by atoms with Gasteiger partial charge < -0.3 is 5.11 Å². The molecule has 5 heteroatoms. The third kappa shape index (κ3) is 1.77. The molecule has 0 unspecified atom stereocenters. The monoisotopic (exact) mass is 246 g/mol. The summed E-state index contributed by atoms with van der Waals surface area (Å²) in [6.07, 6.45) is 3.38. The molecule has 0 amide bonds. The number of carboxylic acids is 1. The third-order valence-electron chi connectivity index (χ3n) is 3.04. The zero-order chi connectivity index (χ0) is 12.7. The van der Waals surface area contributed by atoms with Gasteiger partial charge >= 0.3 is 5.97 Å². The second-order valence-corrected chi connectivity index (χ2v) is 4.39. The van der Waals surface area contributed by atoms with E-state index in [0.717, 1.165) is 12.8 Å². The molecule has 1 saturated carbocycles. The normalized spacial score (nSPS) is 14.7. The fraction of sp³-hybridized carbons (Fsp3) is 0.231. The van der Waals surface area contributed by atoms with Crippen LogP contribution < -0.4 is 0 Å². The minimum absolute atomic E-state index is 0.161. The van der Waals surface area contributed by atoms with Crippen molar-refractivity contribution in [1.82, 2.24) is 9.78 Å². The number of carbonyl (C=O) groups is 1. The van der Waals surface area contributed by atoms with Gasteiger partial charge in [-0.05, 0) is 37.1 Å². The van der Waals surface area contributed by atoms with Crippen LogP contribution in [0.5, 0.6) is 0 Å². The number of carboxylic acid groups (broad SMARTS) is 1. The van der Waals surface area contributed by atoms with Crippen LogP contribution in [0.3, 0.4) is 0 Å². The average molecular weight is 246 g/mol. The van der Waals surface area contributed by atoms with Crippen LogP contribution in [0.4, 0.5) is 4.39 Å². The number of hydrogen-bond acceptors (Lipinski definition) is 2. The van der Waals surface area contributed by atoms with Gasteiger partial charge in [-0.25, -0.2) is 9.18 Å². The molecule has 2 aromatic rings. The first-order chi connectivity index (χ1) is 8.66. The Morgan fingerprint density at radius 3 is 2.56 bits per heavy atom. The molecule has 3 rings (SSSR count). The fourth-order valence-corrected chi connectivity index (χ4v) is 2.01. The van der Waals surface area contributed by atoms with Crippen LogP contribution in [0.2, 0.25) is 0 Å². The van der Waals surface area contributed by atoms with E-state index in [1.807, 2.05) is 0 Å². The maximum absolute atomic E-state index is 12.9. The van der Waals surface area contributed by atoms with E-state index in [0.29, 0.717) is 11.3 Å². The van der Waals surface area contributed by atoms with Crippen molar-refractivity contribution in [3.8, 4) is 11.3 Å². The largest absolute Gasteiger partial charge is 0.478 e. The maximum atomic E-state index is 12.9. The number of hydrogen-bond donors (Lipinski definition) is 1. The molecular formula is C13H11FN2O2. The number of nitrogens with zero attached hydrogens (tertiary/aromatic N) is 2. The average Bonchev–Trinajstić information content (AvgIpc) is 3.09. The second-order valence-electron chi connectivity index (χ2n) is 4.39. The van der Waals surface area contributed by atoms with Gasteiger partial charge in [-0.3, -0.25) is 4.68 Å². The molecule has 0 bridgehead atoms. The zero-order valence-electron chi connectivity index (χ0n) is 9.51. The molecule has 0 radical (unpaired) electrons. The summed E-state index contributed by atoms with van der Waals surface area (Å²) in [5.41, 5.74) is 1.40. The lowest BCUT2D eigenvalue weighted by atomic mass is 10.1. The molecule has 1 heterocycles. The van der Waals surface area contributed by atoms with Crippen molar-refractivity contribution in [3.05, 3.63) is 41.8 Å². The summed E-state index contributed by atoms with van der Waals surface area (Å²) >= 11 is 0. The van der Waals surface area contributed by atoms with Crippen molar-refractivity contribution in [3.63, 3.8) is 0 Å². The molecule has 1 aliphatic carbocycles. The van der Waals surface area contributed by atoms with Gasteiger partial charge in [0.15, 0.2) is 0 Å². The predicted octanol–water partition coefficient (Wildman–Crippen LogP) is 2.72. The van der Waals surface area contributed by atoms with Crippen LogP contribution in [0.1, 0.15) is 29.2 Å². The van der Waals surface area contributed by atoms with E-state index in [9.17, 15) is 9.18 Å². The Labute approximate surface area is 103 Å². The van der Waals surface area contributed by atoms with Crippen LogP contribution in [0.15, 0.2) is 30.5 Å². The first-order valence-electron chi connectivity index (χ1n) is 5.73. The Bertz CT molecular complexity index is 600. The van der Waals surface area contributed by atoms with E-state index in [-0.39, 0.29) is 17.4 Å². The maximum Gasteiger partial charge on any atom is 0.339 e.